The topological polar surface area (TPSA) is 85.4 Å². The molecule has 2 aromatic carbocycles. The number of Topliss-reactive ketones (excluding diaryl/α,β-unsaturated/α-hetero) is 1. The van der Waals surface area contributed by atoms with Crippen LogP contribution >= 0.6 is 0 Å². The molecule has 136 valence electrons. The quantitative estimate of drug-likeness (QED) is 0.554. The molecule has 1 amide bonds. The summed E-state index contributed by atoms with van der Waals surface area (Å²) >= 11 is 0. The summed E-state index contributed by atoms with van der Waals surface area (Å²) in [6.07, 6.45) is 0. The molecule has 6 nitrogen and oxygen atoms in total. The number of benzene rings is 2. The molecule has 0 spiro atoms. The highest BCUT2D eigenvalue weighted by atomic mass is 16.5. The van der Waals surface area contributed by atoms with Crippen LogP contribution < -0.4 is 5.32 Å². The largest absolute Gasteiger partial charge is 0.452 e. The molecular weight excluding hydrogens is 344 g/mol. The Morgan fingerprint density at radius 2 is 1.81 bits per heavy atom. The van der Waals surface area contributed by atoms with Crippen molar-refractivity contribution in [1.82, 2.24) is 4.98 Å². The number of aryl methyl sites for hydroxylation is 1. The second-order valence-electron chi connectivity index (χ2n) is 6.09. The summed E-state index contributed by atoms with van der Waals surface area (Å²) in [6, 6.07) is 15.4. The summed E-state index contributed by atoms with van der Waals surface area (Å²) in [7, 11) is 0. The number of ether oxygens (including phenoxy) is 1. The average Bonchev–Trinajstić information content (AvgIpc) is 2.65. The second-order valence-corrected chi connectivity index (χ2v) is 6.09. The summed E-state index contributed by atoms with van der Waals surface area (Å²) in [4.78, 5) is 40.3. The molecule has 0 unspecified atom stereocenters. The van der Waals surface area contributed by atoms with Crippen molar-refractivity contribution in [3.05, 3.63) is 71.4 Å². The third kappa shape index (κ3) is 4.36. The van der Waals surface area contributed by atoms with Gasteiger partial charge in [-0.15, -0.1) is 0 Å². The Bertz CT molecular complexity index is 1040. The van der Waals surface area contributed by atoms with E-state index < -0.39 is 18.5 Å². The number of nitrogens with zero attached hydrogens (tertiary/aromatic N) is 1. The number of carbonyl (C=O) groups excluding carboxylic acids is 3. The van der Waals surface area contributed by atoms with Crippen molar-refractivity contribution in [3.8, 4) is 0 Å². The number of hydrogen-bond acceptors (Lipinski definition) is 5. The van der Waals surface area contributed by atoms with E-state index in [1.54, 1.807) is 43.3 Å². The Balaban J connectivity index is 1.68. The number of esters is 1. The van der Waals surface area contributed by atoms with E-state index in [-0.39, 0.29) is 5.78 Å². The predicted molar refractivity (Wildman–Crippen MR) is 102 cm³/mol. The lowest BCUT2D eigenvalue weighted by Gasteiger charge is -2.09. The highest BCUT2D eigenvalue weighted by molar-refractivity contribution is 6.04. The smallest absolute Gasteiger partial charge is 0.339 e. The van der Waals surface area contributed by atoms with Gasteiger partial charge in [0.05, 0.1) is 11.1 Å². The summed E-state index contributed by atoms with van der Waals surface area (Å²) in [5.74, 6) is -1.18. The maximum atomic E-state index is 12.4. The number of anilines is 1. The van der Waals surface area contributed by atoms with E-state index in [0.29, 0.717) is 33.4 Å². The third-order valence-corrected chi connectivity index (χ3v) is 3.95. The number of ketones is 1. The van der Waals surface area contributed by atoms with Crippen LogP contribution in [0.2, 0.25) is 0 Å². The van der Waals surface area contributed by atoms with Gasteiger partial charge in [0.1, 0.15) is 0 Å². The van der Waals surface area contributed by atoms with E-state index in [1.165, 1.54) is 6.92 Å². The Hall–Kier alpha value is -3.54. The standard InChI is InChI=1S/C21H18N2O4/c1-13-10-18(17-8-3-4-9-19(17)22-13)21(26)27-12-20(25)23-16-7-5-6-15(11-16)14(2)24/h3-11H,12H2,1-2H3,(H,23,25). The van der Waals surface area contributed by atoms with Crippen LogP contribution in [0, 0.1) is 6.92 Å². The number of para-hydroxylation sites is 1. The Morgan fingerprint density at radius 3 is 2.59 bits per heavy atom. The monoisotopic (exact) mass is 362 g/mol. The second kappa shape index (κ2) is 7.78. The number of aromatic nitrogens is 1. The van der Waals surface area contributed by atoms with Crippen LogP contribution in [0.15, 0.2) is 54.6 Å². The first-order valence-corrected chi connectivity index (χ1v) is 8.38. The first-order valence-electron chi connectivity index (χ1n) is 8.38. The van der Waals surface area contributed by atoms with Crippen molar-refractivity contribution in [2.24, 2.45) is 0 Å². The van der Waals surface area contributed by atoms with Crippen molar-refractivity contribution in [2.45, 2.75) is 13.8 Å². The van der Waals surface area contributed by atoms with Crippen molar-refractivity contribution in [3.63, 3.8) is 0 Å². The first kappa shape index (κ1) is 18.3. The van der Waals surface area contributed by atoms with Crippen molar-refractivity contribution in [1.29, 1.82) is 0 Å². The number of fused-ring (bicyclic) bond motifs is 1. The molecule has 6 heteroatoms. The van der Waals surface area contributed by atoms with Crippen LogP contribution in [0.3, 0.4) is 0 Å². The maximum Gasteiger partial charge on any atom is 0.339 e. The van der Waals surface area contributed by atoms with Crippen LogP contribution in [-0.4, -0.2) is 29.3 Å². The van der Waals surface area contributed by atoms with Gasteiger partial charge >= 0.3 is 5.97 Å². The number of amides is 1. The maximum absolute atomic E-state index is 12.4. The molecule has 0 aliphatic rings. The molecule has 3 rings (SSSR count). The zero-order valence-electron chi connectivity index (χ0n) is 15.0. The lowest BCUT2D eigenvalue weighted by molar-refractivity contribution is -0.119. The lowest BCUT2D eigenvalue weighted by atomic mass is 10.1. The van der Waals surface area contributed by atoms with E-state index >= 15 is 0 Å². The van der Waals surface area contributed by atoms with Crippen molar-refractivity contribution >= 4 is 34.3 Å². The van der Waals surface area contributed by atoms with E-state index in [4.69, 9.17) is 4.74 Å². The number of nitrogens with one attached hydrogen (secondary N) is 1. The molecule has 1 aromatic heterocycles. The van der Waals surface area contributed by atoms with Gasteiger partial charge < -0.3 is 10.1 Å². The third-order valence-electron chi connectivity index (χ3n) is 3.95. The van der Waals surface area contributed by atoms with Crippen LogP contribution in [0.5, 0.6) is 0 Å². The van der Waals surface area contributed by atoms with E-state index in [0.717, 1.165) is 0 Å². The number of carbonyl (C=O) groups is 3. The summed E-state index contributed by atoms with van der Waals surface area (Å²) in [5, 5.41) is 3.28. The molecule has 0 aliphatic heterocycles. The molecule has 0 saturated carbocycles. The van der Waals surface area contributed by atoms with Gasteiger partial charge in [-0.1, -0.05) is 30.3 Å². The van der Waals surface area contributed by atoms with Gasteiger partial charge in [-0.25, -0.2) is 4.79 Å². The highest BCUT2D eigenvalue weighted by Gasteiger charge is 2.15. The van der Waals surface area contributed by atoms with Gasteiger partial charge in [-0.05, 0) is 38.1 Å². The molecule has 27 heavy (non-hydrogen) atoms. The van der Waals surface area contributed by atoms with Gasteiger partial charge in [0.25, 0.3) is 5.91 Å². The molecule has 0 aliphatic carbocycles. The molecule has 0 bridgehead atoms. The van der Waals surface area contributed by atoms with Gasteiger partial charge in [0.2, 0.25) is 0 Å². The summed E-state index contributed by atoms with van der Waals surface area (Å²) < 4.78 is 5.16. The Morgan fingerprint density at radius 1 is 1.04 bits per heavy atom. The van der Waals surface area contributed by atoms with Crippen LogP contribution in [0.4, 0.5) is 5.69 Å². The van der Waals surface area contributed by atoms with Crippen molar-refractivity contribution < 1.29 is 19.1 Å². The fraction of sp³-hybridized carbons (Fsp3) is 0.143. The number of rotatable bonds is 5. The van der Waals surface area contributed by atoms with E-state index in [2.05, 4.69) is 10.3 Å². The molecule has 0 fully saturated rings. The fourth-order valence-corrected chi connectivity index (χ4v) is 2.70. The Kier molecular flexibility index (Phi) is 5.26. The van der Waals surface area contributed by atoms with Gasteiger partial charge in [-0.2, -0.15) is 0 Å². The average molecular weight is 362 g/mol. The molecule has 0 saturated heterocycles. The zero-order valence-corrected chi connectivity index (χ0v) is 15.0. The normalized spacial score (nSPS) is 10.4. The minimum absolute atomic E-state index is 0.0996. The molecular formula is C21H18N2O4. The lowest BCUT2D eigenvalue weighted by Crippen LogP contribution is -2.21. The van der Waals surface area contributed by atoms with Gasteiger partial charge in [0.15, 0.2) is 12.4 Å². The zero-order chi connectivity index (χ0) is 19.4. The molecule has 1 heterocycles. The molecule has 0 atom stereocenters. The predicted octanol–water partition coefficient (Wildman–Crippen LogP) is 3.54. The van der Waals surface area contributed by atoms with Crippen LogP contribution in [0.1, 0.15) is 33.3 Å². The van der Waals surface area contributed by atoms with E-state index in [9.17, 15) is 14.4 Å². The molecule has 3 aromatic rings. The first-order chi connectivity index (χ1) is 12.9. The fourth-order valence-electron chi connectivity index (χ4n) is 2.70. The minimum atomic E-state index is -0.593. The molecule has 0 radical (unpaired) electrons. The van der Waals surface area contributed by atoms with Gasteiger partial charge in [0, 0.05) is 22.3 Å². The van der Waals surface area contributed by atoms with E-state index in [1.807, 2.05) is 18.2 Å². The summed E-state index contributed by atoms with van der Waals surface area (Å²) in [6.45, 7) is 2.81. The highest BCUT2D eigenvalue weighted by Crippen LogP contribution is 2.19. The minimum Gasteiger partial charge on any atom is -0.452 e. The van der Waals surface area contributed by atoms with Crippen LogP contribution in [-0.2, 0) is 9.53 Å². The number of pyridine rings is 1. The van der Waals surface area contributed by atoms with Crippen molar-refractivity contribution in [2.75, 3.05) is 11.9 Å². The van der Waals surface area contributed by atoms with Gasteiger partial charge in [-0.3, -0.25) is 14.6 Å². The summed E-state index contributed by atoms with van der Waals surface area (Å²) in [5.41, 5.74) is 2.70. The van der Waals surface area contributed by atoms with Crippen LogP contribution in [0.25, 0.3) is 10.9 Å². The Labute approximate surface area is 156 Å². The SMILES string of the molecule is CC(=O)c1cccc(NC(=O)COC(=O)c2cc(C)nc3ccccc23)c1. The molecule has 1 N–H and O–H groups in total. The number of hydrogen-bond donors (Lipinski definition) is 1.